The molecule has 7 heteroatoms. The third-order valence-electron chi connectivity index (χ3n) is 4.42. The number of aryl methyl sites for hydroxylation is 1. The summed E-state index contributed by atoms with van der Waals surface area (Å²) in [5.74, 6) is 0.575. The molecular formula is C22H19N3O4. The first-order valence-electron chi connectivity index (χ1n) is 9.08. The first-order valence-corrected chi connectivity index (χ1v) is 9.08. The van der Waals surface area contributed by atoms with Crippen LogP contribution >= 0.6 is 0 Å². The summed E-state index contributed by atoms with van der Waals surface area (Å²) in [7, 11) is 0. The fourth-order valence-corrected chi connectivity index (χ4v) is 2.98. The van der Waals surface area contributed by atoms with Crippen LogP contribution < -0.4 is 0 Å². The van der Waals surface area contributed by atoms with Crippen LogP contribution in [0.4, 0.5) is 0 Å². The van der Waals surface area contributed by atoms with Crippen molar-refractivity contribution in [1.29, 1.82) is 0 Å². The summed E-state index contributed by atoms with van der Waals surface area (Å²) in [6, 6.07) is 15.0. The van der Waals surface area contributed by atoms with Gasteiger partial charge in [0, 0.05) is 23.4 Å². The van der Waals surface area contributed by atoms with Crippen molar-refractivity contribution >= 4 is 12.0 Å². The van der Waals surface area contributed by atoms with Gasteiger partial charge in [0.25, 0.3) is 0 Å². The third-order valence-corrected chi connectivity index (χ3v) is 4.42. The molecule has 0 saturated heterocycles. The Bertz CT molecular complexity index is 1140. The first-order chi connectivity index (χ1) is 14.1. The summed E-state index contributed by atoms with van der Waals surface area (Å²) in [5, 5.41) is 8.44. The van der Waals surface area contributed by atoms with Gasteiger partial charge in [-0.25, -0.2) is 9.48 Å². The minimum absolute atomic E-state index is 0.00856. The summed E-state index contributed by atoms with van der Waals surface area (Å²) < 4.78 is 17.5. The molecule has 4 aromatic rings. The van der Waals surface area contributed by atoms with Gasteiger partial charge in [0.2, 0.25) is 5.76 Å². The van der Waals surface area contributed by atoms with Crippen molar-refractivity contribution in [2.45, 2.75) is 20.5 Å². The lowest BCUT2D eigenvalue weighted by atomic mass is 10.2. The van der Waals surface area contributed by atoms with Gasteiger partial charge in [0.15, 0.2) is 5.76 Å². The Kier molecular flexibility index (Phi) is 5.11. The topological polar surface area (TPSA) is 83.3 Å². The van der Waals surface area contributed by atoms with Gasteiger partial charge >= 0.3 is 5.97 Å². The highest BCUT2D eigenvalue weighted by Crippen LogP contribution is 2.21. The van der Waals surface area contributed by atoms with E-state index in [-0.39, 0.29) is 6.61 Å². The van der Waals surface area contributed by atoms with E-state index in [1.807, 2.05) is 48.9 Å². The Morgan fingerprint density at radius 1 is 1.14 bits per heavy atom. The number of ether oxygens (including phenoxy) is 1. The van der Waals surface area contributed by atoms with Crippen molar-refractivity contribution in [3.8, 4) is 17.2 Å². The quantitative estimate of drug-likeness (QED) is 0.357. The molecule has 0 atom stereocenters. The molecule has 0 saturated carbocycles. The maximum atomic E-state index is 12.1. The molecule has 146 valence electrons. The number of furan rings is 1. The molecule has 0 spiro atoms. The Balaban J connectivity index is 1.41. The zero-order chi connectivity index (χ0) is 20.2. The number of para-hydroxylation sites is 1. The minimum Gasteiger partial charge on any atom is -0.461 e. The molecule has 0 amide bonds. The highest BCUT2D eigenvalue weighted by molar-refractivity contribution is 5.87. The summed E-state index contributed by atoms with van der Waals surface area (Å²) in [6.45, 7) is 3.88. The first kappa shape index (κ1) is 18.5. The highest BCUT2D eigenvalue weighted by Gasteiger charge is 2.12. The standard InChI is InChI=1S/C22H19N3O4/c1-15-19(16(2)25(23-15)18-7-4-3-5-8-18)10-11-22(26)28-14-17-13-21(29-24-17)20-9-6-12-27-20/h3-13H,14H2,1-2H3/b11-10+. The maximum Gasteiger partial charge on any atom is 0.331 e. The van der Waals surface area contributed by atoms with Gasteiger partial charge in [0.05, 0.1) is 17.6 Å². The molecule has 0 aliphatic rings. The Hall–Kier alpha value is -3.87. The Morgan fingerprint density at radius 2 is 1.97 bits per heavy atom. The fraction of sp³-hybridized carbons (Fsp3) is 0.136. The van der Waals surface area contributed by atoms with Crippen molar-refractivity contribution in [2.24, 2.45) is 0 Å². The van der Waals surface area contributed by atoms with Crippen LogP contribution in [0.1, 0.15) is 22.6 Å². The van der Waals surface area contributed by atoms with Crippen LogP contribution in [0.15, 0.2) is 69.8 Å². The summed E-state index contributed by atoms with van der Waals surface area (Å²) in [6.07, 6.45) is 4.66. The fourth-order valence-electron chi connectivity index (χ4n) is 2.98. The van der Waals surface area contributed by atoms with E-state index < -0.39 is 5.97 Å². The molecule has 1 aromatic carbocycles. The number of benzene rings is 1. The lowest BCUT2D eigenvalue weighted by Crippen LogP contribution is -2.01. The third kappa shape index (κ3) is 4.03. The molecule has 0 aliphatic carbocycles. The molecule has 0 radical (unpaired) electrons. The van der Waals surface area contributed by atoms with Gasteiger partial charge < -0.3 is 13.7 Å². The predicted octanol–water partition coefficient (Wildman–Crippen LogP) is 4.49. The number of carbonyl (C=O) groups is 1. The summed E-state index contributed by atoms with van der Waals surface area (Å²) in [4.78, 5) is 12.1. The largest absolute Gasteiger partial charge is 0.461 e. The van der Waals surface area contributed by atoms with E-state index >= 15 is 0 Å². The van der Waals surface area contributed by atoms with E-state index in [0.717, 1.165) is 22.6 Å². The van der Waals surface area contributed by atoms with Crippen LogP contribution in [-0.4, -0.2) is 20.9 Å². The summed E-state index contributed by atoms with van der Waals surface area (Å²) >= 11 is 0. The second-order valence-electron chi connectivity index (χ2n) is 6.43. The Morgan fingerprint density at radius 3 is 2.72 bits per heavy atom. The number of nitrogens with zero attached hydrogens (tertiary/aromatic N) is 3. The van der Waals surface area contributed by atoms with E-state index in [0.29, 0.717) is 17.2 Å². The molecule has 0 fully saturated rings. The molecule has 0 unspecified atom stereocenters. The van der Waals surface area contributed by atoms with E-state index in [4.69, 9.17) is 13.7 Å². The average Bonchev–Trinajstić information content (AvgIpc) is 3.47. The van der Waals surface area contributed by atoms with Crippen molar-refractivity contribution in [3.63, 3.8) is 0 Å². The zero-order valence-electron chi connectivity index (χ0n) is 16.0. The molecular weight excluding hydrogens is 370 g/mol. The normalized spacial score (nSPS) is 11.2. The van der Waals surface area contributed by atoms with Gasteiger partial charge in [0.1, 0.15) is 12.3 Å². The van der Waals surface area contributed by atoms with Crippen LogP contribution in [0, 0.1) is 13.8 Å². The SMILES string of the molecule is Cc1nn(-c2ccccc2)c(C)c1/C=C/C(=O)OCc1cc(-c2ccco2)on1. The van der Waals surface area contributed by atoms with E-state index in [1.54, 1.807) is 30.5 Å². The molecule has 0 N–H and O–H groups in total. The lowest BCUT2D eigenvalue weighted by molar-refractivity contribution is -0.139. The van der Waals surface area contributed by atoms with Crippen molar-refractivity contribution in [1.82, 2.24) is 14.9 Å². The van der Waals surface area contributed by atoms with Crippen molar-refractivity contribution in [3.05, 3.63) is 83.5 Å². The second kappa shape index (κ2) is 8.02. The van der Waals surface area contributed by atoms with Crippen LogP contribution in [0.3, 0.4) is 0 Å². The smallest absolute Gasteiger partial charge is 0.331 e. The number of esters is 1. The van der Waals surface area contributed by atoms with Gasteiger partial charge in [-0.2, -0.15) is 5.10 Å². The average molecular weight is 389 g/mol. The van der Waals surface area contributed by atoms with Gasteiger partial charge in [-0.1, -0.05) is 23.4 Å². The highest BCUT2D eigenvalue weighted by atomic mass is 16.5. The van der Waals surface area contributed by atoms with Gasteiger partial charge in [-0.3, -0.25) is 0 Å². The monoisotopic (exact) mass is 389 g/mol. The predicted molar refractivity (Wildman–Crippen MR) is 106 cm³/mol. The van der Waals surface area contributed by atoms with E-state index in [9.17, 15) is 4.79 Å². The zero-order valence-corrected chi connectivity index (χ0v) is 16.0. The van der Waals surface area contributed by atoms with Gasteiger partial charge in [-0.15, -0.1) is 0 Å². The number of aromatic nitrogens is 3. The van der Waals surface area contributed by atoms with Crippen LogP contribution in [0.2, 0.25) is 0 Å². The van der Waals surface area contributed by atoms with Crippen LogP contribution in [0.5, 0.6) is 0 Å². The van der Waals surface area contributed by atoms with Crippen LogP contribution in [-0.2, 0) is 16.1 Å². The maximum absolute atomic E-state index is 12.1. The van der Waals surface area contributed by atoms with Gasteiger partial charge in [-0.05, 0) is 44.2 Å². The summed E-state index contributed by atoms with van der Waals surface area (Å²) in [5.41, 5.74) is 4.12. The molecule has 0 bridgehead atoms. The molecule has 3 heterocycles. The second-order valence-corrected chi connectivity index (χ2v) is 6.43. The molecule has 0 aliphatic heterocycles. The van der Waals surface area contributed by atoms with Crippen molar-refractivity contribution < 1.29 is 18.5 Å². The minimum atomic E-state index is -0.473. The number of carbonyl (C=O) groups excluding carboxylic acids is 1. The van der Waals surface area contributed by atoms with Crippen molar-refractivity contribution in [2.75, 3.05) is 0 Å². The lowest BCUT2D eigenvalue weighted by Gasteiger charge is -2.03. The van der Waals surface area contributed by atoms with Crippen LogP contribution in [0.25, 0.3) is 23.3 Å². The van der Waals surface area contributed by atoms with E-state index in [1.165, 1.54) is 6.08 Å². The number of hydrogen-bond acceptors (Lipinski definition) is 6. The number of hydrogen-bond donors (Lipinski definition) is 0. The molecule has 4 rings (SSSR count). The molecule has 29 heavy (non-hydrogen) atoms. The number of rotatable bonds is 6. The Labute approximate surface area is 167 Å². The molecule has 7 nitrogen and oxygen atoms in total. The van der Waals surface area contributed by atoms with E-state index in [2.05, 4.69) is 10.3 Å². The molecule has 3 aromatic heterocycles.